The largest absolute Gasteiger partial charge is 0.355 e. The molecule has 1 heterocycles. The topological polar surface area (TPSA) is 102 Å². The summed E-state index contributed by atoms with van der Waals surface area (Å²) in [5, 5.41) is 14.3. The maximum absolute atomic E-state index is 12.7. The van der Waals surface area contributed by atoms with E-state index in [-0.39, 0.29) is 12.5 Å². The predicted octanol–water partition coefficient (Wildman–Crippen LogP) is 2.02. The molecule has 0 aromatic heterocycles. The van der Waals surface area contributed by atoms with Crippen molar-refractivity contribution >= 4 is 17.8 Å². The van der Waals surface area contributed by atoms with Crippen molar-refractivity contribution in [3.8, 4) is 6.07 Å². The zero-order chi connectivity index (χ0) is 19.2. The molecule has 1 atom stereocenters. The standard InChI is InChI=1S/C19H24N4O3/c1-3-4-5-6-11-21-16(24)13-23-17(25)19(2,22-18(23)26)15-9-7-14(12-20)8-10-15/h7-10H,3-6,11,13H2,1-2H3,(H,21,24)(H,22,26). The molecule has 138 valence electrons. The Morgan fingerprint density at radius 1 is 1.23 bits per heavy atom. The normalized spacial score (nSPS) is 19.2. The highest BCUT2D eigenvalue weighted by Gasteiger charge is 2.49. The predicted molar refractivity (Wildman–Crippen MR) is 95.9 cm³/mol. The molecular weight excluding hydrogens is 332 g/mol. The third-order valence-corrected chi connectivity index (χ3v) is 4.52. The Kier molecular flexibility index (Phi) is 6.34. The second-order valence-corrected chi connectivity index (χ2v) is 6.55. The Bertz CT molecular complexity index is 723. The molecule has 1 unspecified atom stereocenters. The molecule has 4 amide bonds. The summed E-state index contributed by atoms with van der Waals surface area (Å²) in [6, 6.07) is 7.86. The van der Waals surface area contributed by atoms with Crippen molar-refractivity contribution in [1.29, 1.82) is 5.26 Å². The smallest absolute Gasteiger partial charge is 0.325 e. The molecule has 26 heavy (non-hydrogen) atoms. The maximum Gasteiger partial charge on any atom is 0.325 e. The van der Waals surface area contributed by atoms with Gasteiger partial charge in [0.1, 0.15) is 12.1 Å². The number of hydrogen-bond acceptors (Lipinski definition) is 4. The van der Waals surface area contributed by atoms with Gasteiger partial charge in [0.15, 0.2) is 0 Å². The lowest BCUT2D eigenvalue weighted by atomic mass is 9.91. The number of carbonyl (C=O) groups is 3. The molecule has 1 fully saturated rings. The van der Waals surface area contributed by atoms with Crippen molar-refractivity contribution in [3.63, 3.8) is 0 Å². The lowest BCUT2D eigenvalue weighted by Gasteiger charge is -2.22. The first kappa shape index (κ1) is 19.4. The molecule has 7 nitrogen and oxygen atoms in total. The van der Waals surface area contributed by atoms with Crippen molar-refractivity contribution in [1.82, 2.24) is 15.5 Å². The van der Waals surface area contributed by atoms with Gasteiger partial charge in [0, 0.05) is 6.54 Å². The number of nitrogens with one attached hydrogen (secondary N) is 2. The summed E-state index contributed by atoms with van der Waals surface area (Å²) in [7, 11) is 0. The number of nitriles is 1. The fraction of sp³-hybridized carbons (Fsp3) is 0.474. The van der Waals surface area contributed by atoms with Crippen LogP contribution in [-0.4, -0.2) is 35.8 Å². The molecule has 0 bridgehead atoms. The average Bonchev–Trinajstić information content (AvgIpc) is 2.85. The second-order valence-electron chi connectivity index (χ2n) is 6.55. The lowest BCUT2D eigenvalue weighted by molar-refractivity contribution is -0.134. The van der Waals surface area contributed by atoms with Crippen LogP contribution in [0, 0.1) is 11.3 Å². The van der Waals surface area contributed by atoms with Crippen LogP contribution in [-0.2, 0) is 15.1 Å². The fourth-order valence-corrected chi connectivity index (χ4v) is 2.89. The molecule has 0 spiro atoms. The van der Waals surface area contributed by atoms with E-state index in [2.05, 4.69) is 17.6 Å². The molecule has 1 aromatic carbocycles. The molecule has 1 aliphatic heterocycles. The fourth-order valence-electron chi connectivity index (χ4n) is 2.89. The summed E-state index contributed by atoms with van der Waals surface area (Å²) >= 11 is 0. The number of amides is 4. The Labute approximate surface area is 153 Å². The van der Waals surface area contributed by atoms with Gasteiger partial charge in [-0.3, -0.25) is 14.5 Å². The van der Waals surface area contributed by atoms with Crippen molar-refractivity contribution in [2.45, 2.75) is 45.1 Å². The maximum atomic E-state index is 12.7. The van der Waals surface area contributed by atoms with Crippen LogP contribution < -0.4 is 10.6 Å². The molecular formula is C19H24N4O3. The Morgan fingerprint density at radius 2 is 1.92 bits per heavy atom. The van der Waals surface area contributed by atoms with Crippen LogP contribution in [0.2, 0.25) is 0 Å². The van der Waals surface area contributed by atoms with Crippen LogP contribution in [0.3, 0.4) is 0 Å². The van der Waals surface area contributed by atoms with Gasteiger partial charge in [-0.2, -0.15) is 5.26 Å². The van der Waals surface area contributed by atoms with Gasteiger partial charge >= 0.3 is 6.03 Å². The lowest BCUT2D eigenvalue weighted by Crippen LogP contribution is -2.43. The first-order valence-electron chi connectivity index (χ1n) is 8.84. The number of urea groups is 1. The minimum atomic E-state index is -1.24. The third-order valence-electron chi connectivity index (χ3n) is 4.52. The van der Waals surface area contributed by atoms with Crippen LogP contribution in [0.15, 0.2) is 24.3 Å². The third kappa shape index (κ3) is 4.20. The molecule has 7 heteroatoms. The zero-order valence-corrected chi connectivity index (χ0v) is 15.2. The van der Waals surface area contributed by atoms with E-state index in [1.165, 1.54) is 0 Å². The highest BCUT2D eigenvalue weighted by Crippen LogP contribution is 2.28. The molecule has 1 saturated heterocycles. The van der Waals surface area contributed by atoms with E-state index in [1.54, 1.807) is 31.2 Å². The molecule has 1 aromatic rings. The number of imide groups is 1. The number of benzene rings is 1. The number of nitrogens with zero attached hydrogens (tertiary/aromatic N) is 2. The van der Waals surface area contributed by atoms with E-state index in [0.29, 0.717) is 17.7 Å². The molecule has 2 rings (SSSR count). The summed E-state index contributed by atoms with van der Waals surface area (Å²) in [6.07, 6.45) is 4.15. The minimum absolute atomic E-state index is 0.301. The van der Waals surface area contributed by atoms with E-state index < -0.39 is 17.5 Å². The van der Waals surface area contributed by atoms with Crippen molar-refractivity contribution in [2.75, 3.05) is 13.1 Å². The van der Waals surface area contributed by atoms with Gasteiger partial charge in [-0.25, -0.2) is 4.79 Å². The van der Waals surface area contributed by atoms with Crippen LogP contribution in [0.1, 0.15) is 50.7 Å². The van der Waals surface area contributed by atoms with Crippen LogP contribution in [0.25, 0.3) is 0 Å². The van der Waals surface area contributed by atoms with Crippen molar-refractivity contribution < 1.29 is 14.4 Å². The Morgan fingerprint density at radius 3 is 2.54 bits per heavy atom. The van der Waals surface area contributed by atoms with Gasteiger partial charge in [-0.05, 0) is 31.0 Å². The monoisotopic (exact) mass is 356 g/mol. The number of rotatable bonds is 8. The van der Waals surface area contributed by atoms with E-state index in [1.807, 2.05) is 6.07 Å². The first-order valence-corrected chi connectivity index (χ1v) is 8.84. The average molecular weight is 356 g/mol. The van der Waals surface area contributed by atoms with Gasteiger partial charge in [0.2, 0.25) is 5.91 Å². The Hall–Kier alpha value is -2.88. The summed E-state index contributed by atoms with van der Waals surface area (Å²) < 4.78 is 0. The highest BCUT2D eigenvalue weighted by molar-refractivity contribution is 6.09. The minimum Gasteiger partial charge on any atom is -0.355 e. The summed E-state index contributed by atoms with van der Waals surface area (Å²) in [5.41, 5.74) is -0.210. The zero-order valence-electron chi connectivity index (χ0n) is 15.2. The van der Waals surface area contributed by atoms with E-state index in [4.69, 9.17) is 5.26 Å². The van der Waals surface area contributed by atoms with E-state index >= 15 is 0 Å². The summed E-state index contributed by atoms with van der Waals surface area (Å²) in [6.45, 7) is 3.94. The van der Waals surface area contributed by atoms with Gasteiger partial charge in [0.05, 0.1) is 11.6 Å². The van der Waals surface area contributed by atoms with Crippen molar-refractivity contribution in [3.05, 3.63) is 35.4 Å². The molecule has 0 radical (unpaired) electrons. The van der Waals surface area contributed by atoms with Crippen LogP contribution in [0.5, 0.6) is 0 Å². The Balaban J connectivity index is 1.99. The van der Waals surface area contributed by atoms with Crippen molar-refractivity contribution in [2.24, 2.45) is 0 Å². The number of hydrogen-bond donors (Lipinski definition) is 2. The van der Waals surface area contributed by atoms with Gasteiger partial charge in [-0.1, -0.05) is 38.3 Å². The molecule has 1 aliphatic rings. The molecule has 2 N–H and O–H groups in total. The summed E-state index contributed by atoms with van der Waals surface area (Å²) in [5.74, 6) is -0.831. The van der Waals surface area contributed by atoms with Gasteiger partial charge in [0.25, 0.3) is 5.91 Å². The summed E-state index contributed by atoms with van der Waals surface area (Å²) in [4.78, 5) is 37.9. The second kappa shape index (κ2) is 8.48. The first-order chi connectivity index (χ1) is 12.4. The van der Waals surface area contributed by atoms with Gasteiger partial charge < -0.3 is 10.6 Å². The van der Waals surface area contributed by atoms with Crippen LogP contribution in [0.4, 0.5) is 4.79 Å². The SMILES string of the molecule is CCCCCCNC(=O)CN1C(=O)NC(C)(c2ccc(C#N)cc2)C1=O. The van der Waals surface area contributed by atoms with E-state index in [9.17, 15) is 14.4 Å². The number of carbonyl (C=O) groups excluding carboxylic acids is 3. The quantitative estimate of drug-likeness (QED) is 0.549. The highest BCUT2D eigenvalue weighted by atomic mass is 16.2. The van der Waals surface area contributed by atoms with E-state index in [0.717, 1.165) is 30.6 Å². The van der Waals surface area contributed by atoms with Crippen LogP contribution >= 0.6 is 0 Å². The molecule has 0 aliphatic carbocycles. The molecule has 0 saturated carbocycles. The number of unbranched alkanes of at least 4 members (excludes halogenated alkanes) is 3. The van der Waals surface area contributed by atoms with Gasteiger partial charge in [-0.15, -0.1) is 0 Å².